The number of rotatable bonds is 6. The third kappa shape index (κ3) is 4.66. The molecule has 0 aliphatic heterocycles. The molecule has 1 rings (SSSR count). The van der Waals surface area contributed by atoms with Crippen LogP contribution in [0.4, 0.5) is 11.4 Å². The number of amides is 2. The predicted molar refractivity (Wildman–Crippen MR) is 81.6 cm³/mol. The number of hydrogen-bond acceptors (Lipinski definition) is 3. The van der Waals surface area contributed by atoms with Gasteiger partial charge in [-0.05, 0) is 31.0 Å². The second-order valence-corrected chi connectivity index (χ2v) is 4.82. The molecule has 0 heterocycles. The summed E-state index contributed by atoms with van der Waals surface area (Å²) in [6, 6.07) is 4.91. The van der Waals surface area contributed by atoms with Crippen molar-refractivity contribution in [2.45, 2.75) is 46.1 Å². The van der Waals surface area contributed by atoms with Crippen LogP contribution in [0.15, 0.2) is 18.2 Å². The molecule has 4 N–H and O–H groups in total. The smallest absolute Gasteiger partial charge is 0.241 e. The summed E-state index contributed by atoms with van der Waals surface area (Å²) in [6.07, 6.45) is 1.92. The van der Waals surface area contributed by atoms with E-state index in [2.05, 4.69) is 10.6 Å². The first-order valence-corrected chi connectivity index (χ1v) is 6.94. The molecule has 0 fully saturated rings. The summed E-state index contributed by atoms with van der Waals surface area (Å²) in [5.41, 5.74) is 8.06. The maximum absolute atomic E-state index is 11.9. The van der Waals surface area contributed by atoms with Gasteiger partial charge in [-0.3, -0.25) is 9.59 Å². The topological polar surface area (TPSA) is 84.2 Å². The molecule has 0 aliphatic rings. The highest BCUT2D eigenvalue weighted by molar-refractivity contribution is 5.97. The molecule has 110 valence electrons. The van der Waals surface area contributed by atoms with E-state index in [4.69, 9.17) is 5.73 Å². The number of benzene rings is 1. The van der Waals surface area contributed by atoms with Gasteiger partial charge in [-0.1, -0.05) is 26.3 Å². The molecule has 1 aromatic rings. The van der Waals surface area contributed by atoms with Crippen LogP contribution in [0.2, 0.25) is 0 Å². The van der Waals surface area contributed by atoms with Crippen molar-refractivity contribution in [2.24, 2.45) is 5.73 Å². The minimum atomic E-state index is -0.506. The molecule has 5 nitrogen and oxygen atoms in total. The van der Waals surface area contributed by atoms with Crippen LogP contribution in [-0.2, 0) is 9.59 Å². The fourth-order valence-electron chi connectivity index (χ4n) is 1.75. The van der Waals surface area contributed by atoms with E-state index in [0.29, 0.717) is 24.2 Å². The summed E-state index contributed by atoms with van der Waals surface area (Å²) in [4.78, 5) is 23.3. The molecular weight excluding hydrogens is 254 g/mol. The van der Waals surface area contributed by atoms with Crippen molar-refractivity contribution >= 4 is 23.2 Å². The Kier molecular flexibility index (Phi) is 6.18. The van der Waals surface area contributed by atoms with Gasteiger partial charge in [0.15, 0.2) is 0 Å². The zero-order valence-corrected chi connectivity index (χ0v) is 12.3. The van der Waals surface area contributed by atoms with Gasteiger partial charge in [-0.2, -0.15) is 0 Å². The van der Waals surface area contributed by atoms with E-state index < -0.39 is 6.04 Å². The van der Waals surface area contributed by atoms with Crippen LogP contribution in [0, 0.1) is 6.92 Å². The van der Waals surface area contributed by atoms with Crippen LogP contribution in [0.3, 0.4) is 0 Å². The Balaban J connectivity index is 2.81. The summed E-state index contributed by atoms with van der Waals surface area (Å²) in [7, 11) is 0. The molecule has 0 saturated heterocycles. The first-order chi connectivity index (χ1) is 9.47. The van der Waals surface area contributed by atoms with Crippen molar-refractivity contribution in [3.8, 4) is 0 Å². The van der Waals surface area contributed by atoms with Crippen molar-refractivity contribution in [2.75, 3.05) is 10.6 Å². The van der Waals surface area contributed by atoms with Gasteiger partial charge in [0.05, 0.1) is 6.04 Å². The van der Waals surface area contributed by atoms with Gasteiger partial charge >= 0.3 is 0 Å². The fraction of sp³-hybridized carbons (Fsp3) is 0.467. The molecule has 1 aromatic carbocycles. The molecule has 1 unspecified atom stereocenters. The quantitative estimate of drug-likeness (QED) is 0.746. The Labute approximate surface area is 119 Å². The lowest BCUT2D eigenvalue weighted by Gasteiger charge is -2.14. The molecule has 0 saturated carbocycles. The highest BCUT2D eigenvalue weighted by Crippen LogP contribution is 2.20. The molecule has 20 heavy (non-hydrogen) atoms. The molecule has 0 radical (unpaired) electrons. The standard InChI is InChI=1S/C15H23N3O2/c1-4-6-12(16)15(20)18-13-9-11(8-7-10(13)3)17-14(19)5-2/h7-9,12H,4-6,16H2,1-3H3,(H,17,19)(H,18,20). The molecule has 2 amide bonds. The number of nitrogens with two attached hydrogens (primary N) is 1. The molecule has 0 spiro atoms. The molecule has 0 aliphatic carbocycles. The van der Waals surface area contributed by atoms with E-state index in [0.717, 1.165) is 12.0 Å². The van der Waals surface area contributed by atoms with Crippen LogP contribution in [0.25, 0.3) is 0 Å². The van der Waals surface area contributed by atoms with Gasteiger partial charge in [0, 0.05) is 17.8 Å². The lowest BCUT2D eigenvalue weighted by molar-refractivity contribution is -0.117. The van der Waals surface area contributed by atoms with Crippen LogP contribution >= 0.6 is 0 Å². The Bertz CT molecular complexity index is 486. The minimum Gasteiger partial charge on any atom is -0.326 e. The molecular formula is C15H23N3O2. The van der Waals surface area contributed by atoms with Gasteiger partial charge in [0.1, 0.15) is 0 Å². The zero-order chi connectivity index (χ0) is 15.1. The summed E-state index contributed by atoms with van der Waals surface area (Å²) < 4.78 is 0. The monoisotopic (exact) mass is 277 g/mol. The maximum Gasteiger partial charge on any atom is 0.241 e. The van der Waals surface area contributed by atoms with Gasteiger partial charge < -0.3 is 16.4 Å². The molecule has 1 atom stereocenters. The van der Waals surface area contributed by atoms with E-state index >= 15 is 0 Å². The first kappa shape index (κ1) is 16.2. The summed E-state index contributed by atoms with van der Waals surface area (Å²) in [5.74, 6) is -0.261. The Morgan fingerprint density at radius 2 is 1.95 bits per heavy atom. The SMILES string of the molecule is CCCC(N)C(=O)Nc1cc(NC(=O)CC)ccc1C. The highest BCUT2D eigenvalue weighted by atomic mass is 16.2. The minimum absolute atomic E-state index is 0.0613. The number of nitrogens with one attached hydrogen (secondary N) is 2. The lowest BCUT2D eigenvalue weighted by atomic mass is 10.1. The van der Waals surface area contributed by atoms with Gasteiger partial charge in [-0.15, -0.1) is 0 Å². The Hall–Kier alpha value is -1.88. The van der Waals surface area contributed by atoms with E-state index in [9.17, 15) is 9.59 Å². The fourth-order valence-corrected chi connectivity index (χ4v) is 1.75. The van der Waals surface area contributed by atoms with Crippen LogP contribution in [0.1, 0.15) is 38.7 Å². The number of aryl methyl sites for hydroxylation is 1. The van der Waals surface area contributed by atoms with E-state index in [-0.39, 0.29) is 11.8 Å². The number of carbonyl (C=O) groups excluding carboxylic acids is 2. The molecule has 0 bridgehead atoms. The van der Waals surface area contributed by atoms with Crippen molar-refractivity contribution in [1.29, 1.82) is 0 Å². The van der Waals surface area contributed by atoms with Crippen molar-refractivity contribution in [3.05, 3.63) is 23.8 Å². The number of hydrogen-bond donors (Lipinski definition) is 3. The second-order valence-electron chi connectivity index (χ2n) is 4.82. The van der Waals surface area contributed by atoms with Crippen LogP contribution in [-0.4, -0.2) is 17.9 Å². The van der Waals surface area contributed by atoms with Crippen LogP contribution in [0.5, 0.6) is 0 Å². The summed E-state index contributed by atoms with van der Waals surface area (Å²) >= 11 is 0. The number of anilines is 2. The van der Waals surface area contributed by atoms with Crippen LogP contribution < -0.4 is 16.4 Å². The van der Waals surface area contributed by atoms with E-state index in [1.165, 1.54) is 0 Å². The van der Waals surface area contributed by atoms with Crippen molar-refractivity contribution < 1.29 is 9.59 Å². The van der Waals surface area contributed by atoms with Crippen molar-refractivity contribution in [1.82, 2.24) is 0 Å². The second kappa shape index (κ2) is 7.65. The zero-order valence-electron chi connectivity index (χ0n) is 12.3. The lowest BCUT2D eigenvalue weighted by Crippen LogP contribution is -2.35. The maximum atomic E-state index is 11.9. The molecule has 0 aromatic heterocycles. The third-order valence-corrected chi connectivity index (χ3v) is 3.04. The highest BCUT2D eigenvalue weighted by Gasteiger charge is 2.13. The predicted octanol–water partition coefficient (Wildman–Crippen LogP) is 2.41. The Morgan fingerprint density at radius 1 is 1.25 bits per heavy atom. The normalized spacial score (nSPS) is 11.8. The summed E-state index contributed by atoms with van der Waals surface area (Å²) in [5, 5.41) is 5.58. The van der Waals surface area contributed by atoms with Gasteiger partial charge in [0.2, 0.25) is 11.8 Å². The van der Waals surface area contributed by atoms with Gasteiger partial charge in [0.25, 0.3) is 0 Å². The molecule has 5 heteroatoms. The van der Waals surface area contributed by atoms with E-state index in [1.807, 2.05) is 26.0 Å². The summed E-state index contributed by atoms with van der Waals surface area (Å²) in [6.45, 7) is 5.67. The van der Waals surface area contributed by atoms with Gasteiger partial charge in [-0.25, -0.2) is 0 Å². The first-order valence-electron chi connectivity index (χ1n) is 6.94. The van der Waals surface area contributed by atoms with Crippen molar-refractivity contribution in [3.63, 3.8) is 0 Å². The van der Waals surface area contributed by atoms with E-state index in [1.54, 1.807) is 13.0 Å². The third-order valence-electron chi connectivity index (χ3n) is 3.04. The largest absolute Gasteiger partial charge is 0.326 e. The average Bonchev–Trinajstić information content (AvgIpc) is 2.42. The average molecular weight is 277 g/mol. The number of carbonyl (C=O) groups is 2. The Morgan fingerprint density at radius 3 is 2.55 bits per heavy atom.